The molecule has 0 unspecified atom stereocenters. The fourth-order valence-corrected chi connectivity index (χ4v) is 2.04. The van der Waals surface area contributed by atoms with Crippen molar-refractivity contribution in [3.63, 3.8) is 0 Å². The predicted molar refractivity (Wildman–Crippen MR) is 69.5 cm³/mol. The molecule has 0 amide bonds. The van der Waals surface area contributed by atoms with E-state index in [0.717, 1.165) is 0 Å². The van der Waals surface area contributed by atoms with Crippen molar-refractivity contribution in [3.8, 4) is 11.3 Å². The number of aromatic carboxylic acids is 1. The van der Waals surface area contributed by atoms with Gasteiger partial charge in [-0.05, 0) is 6.92 Å². The van der Waals surface area contributed by atoms with E-state index in [0.29, 0.717) is 22.7 Å². The van der Waals surface area contributed by atoms with Crippen molar-refractivity contribution < 1.29 is 14.4 Å². The Labute approximate surface area is 118 Å². The number of hydrogen-bond donors (Lipinski definition) is 1. The highest BCUT2D eigenvalue weighted by Crippen LogP contribution is 2.22. The molecule has 3 aromatic rings. The number of carboxylic acids is 1. The summed E-state index contributed by atoms with van der Waals surface area (Å²) in [6.45, 7) is 2.05. The third-order valence-electron chi connectivity index (χ3n) is 2.90. The van der Waals surface area contributed by atoms with Crippen LogP contribution in [0.25, 0.3) is 11.3 Å². The van der Waals surface area contributed by atoms with Crippen molar-refractivity contribution in [2.24, 2.45) is 7.05 Å². The van der Waals surface area contributed by atoms with Gasteiger partial charge in [0.05, 0.1) is 12.7 Å². The lowest BCUT2D eigenvalue weighted by Gasteiger charge is -2.02. The smallest absolute Gasteiger partial charge is 0.358 e. The summed E-state index contributed by atoms with van der Waals surface area (Å²) in [4.78, 5) is 11.3. The third kappa shape index (κ3) is 2.40. The molecule has 0 atom stereocenters. The Balaban J connectivity index is 2.06. The second-order valence-corrected chi connectivity index (χ2v) is 4.58. The van der Waals surface area contributed by atoms with Crippen molar-refractivity contribution in [1.29, 1.82) is 0 Å². The third-order valence-corrected chi connectivity index (χ3v) is 2.90. The molecule has 9 nitrogen and oxygen atoms in total. The van der Waals surface area contributed by atoms with E-state index in [1.54, 1.807) is 37.1 Å². The van der Waals surface area contributed by atoms with Crippen molar-refractivity contribution in [1.82, 2.24) is 29.9 Å². The molecule has 0 aromatic carbocycles. The molecule has 0 fully saturated rings. The summed E-state index contributed by atoms with van der Waals surface area (Å²) >= 11 is 0. The summed E-state index contributed by atoms with van der Waals surface area (Å²) in [5.41, 5.74) is 1.53. The van der Waals surface area contributed by atoms with Crippen LogP contribution in [-0.4, -0.2) is 41.0 Å². The lowest BCUT2D eigenvalue weighted by molar-refractivity contribution is 0.0691. The topological polar surface area (TPSA) is 112 Å². The van der Waals surface area contributed by atoms with Crippen molar-refractivity contribution in [2.45, 2.75) is 13.5 Å². The Kier molecular flexibility index (Phi) is 3.01. The molecular formula is C12H12N6O3. The molecular weight excluding hydrogens is 276 g/mol. The highest BCUT2D eigenvalue weighted by Gasteiger charge is 2.22. The minimum atomic E-state index is -1.14. The van der Waals surface area contributed by atoms with E-state index >= 15 is 0 Å². The molecule has 0 saturated carbocycles. The minimum Gasteiger partial charge on any atom is -0.476 e. The molecule has 0 saturated heterocycles. The van der Waals surface area contributed by atoms with E-state index in [1.807, 2.05) is 0 Å². The second-order valence-electron chi connectivity index (χ2n) is 4.58. The zero-order valence-electron chi connectivity index (χ0n) is 11.4. The molecule has 3 heterocycles. The number of rotatable bonds is 4. The van der Waals surface area contributed by atoms with Gasteiger partial charge < -0.3 is 9.63 Å². The van der Waals surface area contributed by atoms with Crippen LogP contribution in [0.3, 0.4) is 0 Å². The summed E-state index contributed by atoms with van der Waals surface area (Å²) in [5, 5.41) is 24.8. The monoisotopic (exact) mass is 288 g/mol. The van der Waals surface area contributed by atoms with E-state index in [4.69, 9.17) is 4.52 Å². The van der Waals surface area contributed by atoms with Gasteiger partial charge in [0.2, 0.25) is 0 Å². The number of carbonyl (C=O) groups is 1. The number of carboxylic acid groups (broad SMARTS) is 1. The maximum atomic E-state index is 11.3. The fourth-order valence-electron chi connectivity index (χ4n) is 2.04. The largest absolute Gasteiger partial charge is 0.476 e. The average Bonchev–Trinajstić information content (AvgIpc) is 3.10. The molecule has 21 heavy (non-hydrogen) atoms. The Bertz CT molecular complexity index is 800. The average molecular weight is 288 g/mol. The molecule has 0 aliphatic rings. The maximum Gasteiger partial charge on any atom is 0.358 e. The maximum absolute atomic E-state index is 11.3. The van der Waals surface area contributed by atoms with Gasteiger partial charge in [-0.15, -0.1) is 5.10 Å². The predicted octanol–water partition coefficient (Wildman–Crippen LogP) is 0.722. The van der Waals surface area contributed by atoms with E-state index in [1.165, 1.54) is 4.68 Å². The van der Waals surface area contributed by atoms with Gasteiger partial charge >= 0.3 is 5.97 Å². The van der Waals surface area contributed by atoms with Gasteiger partial charge in [0, 0.05) is 24.9 Å². The first kappa shape index (κ1) is 13.0. The molecule has 0 radical (unpaired) electrons. The van der Waals surface area contributed by atoms with Crippen molar-refractivity contribution >= 4 is 5.97 Å². The van der Waals surface area contributed by atoms with Gasteiger partial charge in [-0.2, -0.15) is 5.10 Å². The molecule has 3 aromatic heterocycles. The van der Waals surface area contributed by atoms with Crippen LogP contribution < -0.4 is 0 Å². The van der Waals surface area contributed by atoms with Gasteiger partial charge in [-0.1, -0.05) is 10.4 Å². The highest BCUT2D eigenvalue weighted by molar-refractivity contribution is 5.92. The Morgan fingerprint density at radius 3 is 2.86 bits per heavy atom. The number of hydrogen-bond acceptors (Lipinski definition) is 6. The summed E-state index contributed by atoms with van der Waals surface area (Å²) in [7, 11) is 1.75. The molecule has 9 heteroatoms. The molecule has 1 N–H and O–H groups in total. The number of aromatic nitrogens is 6. The number of nitrogens with zero attached hydrogens (tertiary/aromatic N) is 6. The first-order valence-electron chi connectivity index (χ1n) is 6.12. The van der Waals surface area contributed by atoms with E-state index in [9.17, 15) is 9.90 Å². The van der Waals surface area contributed by atoms with Gasteiger partial charge in [0.25, 0.3) is 0 Å². The summed E-state index contributed by atoms with van der Waals surface area (Å²) in [6, 6.07) is 1.76. The molecule has 0 bridgehead atoms. The van der Waals surface area contributed by atoms with Crippen LogP contribution in [0, 0.1) is 6.92 Å². The van der Waals surface area contributed by atoms with Crippen molar-refractivity contribution in [3.05, 3.63) is 35.6 Å². The molecule has 108 valence electrons. The Morgan fingerprint density at radius 1 is 1.48 bits per heavy atom. The second kappa shape index (κ2) is 4.85. The van der Waals surface area contributed by atoms with Crippen molar-refractivity contribution in [2.75, 3.05) is 0 Å². The van der Waals surface area contributed by atoms with Crippen LogP contribution in [0.5, 0.6) is 0 Å². The molecule has 3 rings (SSSR count). The summed E-state index contributed by atoms with van der Waals surface area (Å²) < 4.78 is 8.05. The van der Waals surface area contributed by atoms with Crippen LogP contribution >= 0.6 is 0 Å². The zero-order valence-corrected chi connectivity index (χ0v) is 11.4. The van der Waals surface area contributed by atoms with Crippen LogP contribution in [0.4, 0.5) is 0 Å². The normalized spacial score (nSPS) is 11.0. The Hall–Kier alpha value is -2.97. The summed E-state index contributed by atoms with van der Waals surface area (Å²) in [6.07, 6.45) is 3.27. The highest BCUT2D eigenvalue weighted by atomic mass is 16.5. The lowest BCUT2D eigenvalue weighted by atomic mass is 10.2. The van der Waals surface area contributed by atoms with Gasteiger partial charge in [0.1, 0.15) is 17.1 Å². The fraction of sp³-hybridized carbons (Fsp3) is 0.250. The SMILES string of the molecule is Cc1cc(Cn2nnc(C(=O)O)c2-c2cnn(C)c2)no1. The first-order valence-corrected chi connectivity index (χ1v) is 6.12. The molecule has 0 aliphatic heterocycles. The number of aryl methyl sites for hydroxylation is 2. The molecule has 0 spiro atoms. The van der Waals surface area contributed by atoms with Crippen LogP contribution in [0.15, 0.2) is 23.0 Å². The van der Waals surface area contributed by atoms with Gasteiger partial charge in [-0.3, -0.25) is 4.68 Å². The van der Waals surface area contributed by atoms with Crippen LogP contribution in [-0.2, 0) is 13.6 Å². The van der Waals surface area contributed by atoms with Crippen LogP contribution in [0.1, 0.15) is 21.9 Å². The zero-order chi connectivity index (χ0) is 15.0. The Morgan fingerprint density at radius 2 is 2.29 bits per heavy atom. The quantitative estimate of drug-likeness (QED) is 0.752. The molecule has 0 aliphatic carbocycles. The lowest BCUT2D eigenvalue weighted by Crippen LogP contribution is -2.06. The minimum absolute atomic E-state index is 0.122. The first-order chi connectivity index (χ1) is 10.0. The summed E-state index contributed by atoms with van der Waals surface area (Å²) in [5.74, 6) is -0.470. The standard InChI is InChI=1S/C12H12N6O3/c1-7-3-9(15-21-7)6-18-11(8-4-13-17(2)5-8)10(12(19)20)14-16-18/h3-5H,6H2,1-2H3,(H,19,20). The van der Waals surface area contributed by atoms with E-state index < -0.39 is 5.97 Å². The van der Waals surface area contributed by atoms with E-state index in [2.05, 4.69) is 20.6 Å². The van der Waals surface area contributed by atoms with Crippen LogP contribution in [0.2, 0.25) is 0 Å². The van der Waals surface area contributed by atoms with Gasteiger partial charge in [-0.25, -0.2) is 9.48 Å². The van der Waals surface area contributed by atoms with Gasteiger partial charge in [0.15, 0.2) is 5.69 Å². The van der Waals surface area contributed by atoms with E-state index in [-0.39, 0.29) is 12.2 Å².